The highest BCUT2D eigenvalue weighted by Crippen LogP contribution is 2.51. The highest BCUT2D eigenvalue weighted by atomic mass is 31.2. The van der Waals surface area contributed by atoms with E-state index in [9.17, 15) is 57.4 Å². The Kier molecular flexibility index (Phi) is 13.1. The maximum atomic E-state index is 13.2. The van der Waals surface area contributed by atoms with E-state index in [4.69, 9.17) is 23.3 Å². The lowest BCUT2D eigenvalue weighted by atomic mass is 9.84. The van der Waals surface area contributed by atoms with Crippen molar-refractivity contribution in [3.05, 3.63) is 91.0 Å². The lowest BCUT2D eigenvalue weighted by Crippen LogP contribution is -2.68. The number of hydrogen-bond acceptors (Lipinski definition) is 12. The second-order valence-electron chi connectivity index (χ2n) is 10.3. The van der Waals surface area contributed by atoms with Crippen LogP contribution in [0, 0.1) is 0 Å². The molecule has 4 rings (SSSR count). The fourth-order valence-electron chi connectivity index (χ4n) is 4.74. The zero-order valence-corrected chi connectivity index (χ0v) is 28.2. The lowest BCUT2D eigenvalue weighted by molar-refractivity contribution is -0.209. The van der Waals surface area contributed by atoms with Crippen LogP contribution in [-0.4, -0.2) is 84.3 Å². The zero-order chi connectivity index (χ0) is 37.4. The highest BCUT2D eigenvalue weighted by Gasteiger charge is 2.62. The standard InChI is InChI=1S/C27H30N3O18P3/c31-25(28-16-10-4-1-5-11-16)43-19-20(44-26(32)29-17-12-6-2-7-13-17)22(46-49(34,35)36)24(48-51(40,41)42)23(47-50(37,38)39)21(19)45-27(33)30-18-14-8-3-9-15-18/h1-15,19-24H,(H,28,31)(H,29,32)(H,30,33)(H2,34,35,36)(H2,37,38,39)(H2,40,41,42)/t19?,20-,21-,22-,23+,24?/m1/s1. The number of carbonyl (C=O) groups excluding carboxylic acids is 3. The van der Waals surface area contributed by atoms with Crippen LogP contribution in [0.15, 0.2) is 91.0 Å². The number of hydrogen-bond donors (Lipinski definition) is 9. The molecule has 0 bridgehead atoms. The number of benzene rings is 3. The summed E-state index contributed by atoms with van der Waals surface area (Å²) in [6.07, 6.45) is -19.8. The van der Waals surface area contributed by atoms with Gasteiger partial charge in [-0.2, -0.15) is 0 Å². The topological polar surface area (TPSA) is 315 Å². The third-order valence-electron chi connectivity index (χ3n) is 6.51. The average molecular weight is 777 g/mol. The van der Waals surface area contributed by atoms with E-state index in [1.807, 2.05) is 0 Å². The molecule has 1 aliphatic carbocycles. The van der Waals surface area contributed by atoms with Gasteiger partial charge in [-0.05, 0) is 36.4 Å². The number of rotatable bonds is 12. The third kappa shape index (κ3) is 12.8. The third-order valence-corrected chi connectivity index (χ3v) is 8.06. The Labute approximate surface area is 287 Å². The normalized spacial score (nSPS) is 22.2. The molecule has 1 aliphatic rings. The molecule has 3 aromatic carbocycles. The maximum absolute atomic E-state index is 13.2. The number of para-hydroxylation sites is 3. The monoisotopic (exact) mass is 777 g/mol. The van der Waals surface area contributed by atoms with E-state index in [0.29, 0.717) is 0 Å². The fraction of sp³-hybridized carbons (Fsp3) is 0.222. The predicted molar refractivity (Wildman–Crippen MR) is 172 cm³/mol. The number of phosphoric acid groups is 3. The van der Waals surface area contributed by atoms with Crippen LogP contribution in [0.1, 0.15) is 0 Å². The van der Waals surface area contributed by atoms with Gasteiger partial charge in [-0.15, -0.1) is 0 Å². The van der Waals surface area contributed by atoms with Crippen LogP contribution in [0.25, 0.3) is 0 Å². The molecule has 0 radical (unpaired) electrons. The van der Waals surface area contributed by atoms with Crippen LogP contribution in [0.5, 0.6) is 0 Å². The van der Waals surface area contributed by atoms with Gasteiger partial charge < -0.3 is 43.6 Å². The first kappa shape index (κ1) is 39.6. The Morgan fingerprint density at radius 1 is 0.412 bits per heavy atom. The highest BCUT2D eigenvalue weighted by molar-refractivity contribution is 7.47. The molecule has 0 aromatic heterocycles. The van der Waals surface area contributed by atoms with Gasteiger partial charge in [-0.3, -0.25) is 29.5 Å². The molecule has 3 amide bonds. The van der Waals surface area contributed by atoms with Crippen molar-refractivity contribution < 1.29 is 85.2 Å². The molecule has 0 aliphatic heterocycles. The summed E-state index contributed by atoms with van der Waals surface area (Å²) >= 11 is 0. The first-order valence-corrected chi connectivity index (χ1v) is 18.8. The Balaban J connectivity index is 1.87. The molecule has 0 saturated heterocycles. The molecule has 1 saturated carbocycles. The van der Waals surface area contributed by atoms with E-state index in [1.165, 1.54) is 72.8 Å². The van der Waals surface area contributed by atoms with Crippen molar-refractivity contribution in [2.24, 2.45) is 0 Å². The quantitative estimate of drug-likeness (QED) is 0.0941. The first-order valence-electron chi connectivity index (χ1n) is 14.2. The minimum atomic E-state index is -5.86. The van der Waals surface area contributed by atoms with Crippen molar-refractivity contribution in [1.82, 2.24) is 0 Å². The van der Waals surface area contributed by atoms with Gasteiger partial charge in [0.2, 0.25) is 0 Å². The summed E-state index contributed by atoms with van der Waals surface area (Å²) in [5, 5.41) is 6.77. The molecule has 24 heteroatoms. The summed E-state index contributed by atoms with van der Waals surface area (Å²) in [4.78, 5) is 98.3. The largest absolute Gasteiger partial charge is 0.470 e. The molecule has 1 fully saturated rings. The van der Waals surface area contributed by atoms with E-state index < -0.39 is 78.4 Å². The van der Waals surface area contributed by atoms with E-state index in [2.05, 4.69) is 20.5 Å². The Morgan fingerprint density at radius 3 is 0.863 bits per heavy atom. The number of phosphoric ester groups is 3. The van der Waals surface area contributed by atoms with Crippen molar-refractivity contribution in [2.75, 3.05) is 16.0 Å². The van der Waals surface area contributed by atoms with Crippen molar-refractivity contribution >= 4 is 58.8 Å². The van der Waals surface area contributed by atoms with Crippen molar-refractivity contribution in [3.63, 3.8) is 0 Å². The molecule has 3 aromatic rings. The number of ether oxygens (including phenoxy) is 3. The van der Waals surface area contributed by atoms with Gasteiger partial charge >= 0.3 is 41.7 Å². The van der Waals surface area contributed by atoms with Gasteiger partial charge in [-0.25, -0.2) is 28.1 Å². The summed E-state index contributed by atoms with van der Waals surface area (Å²) in [5.74, 6) is 0. The summed E-state index contributed by atoms with van der Waals surface area (Å²) < 4.78 is 66.8. The second kappa shape index (κ2) is 16.9. The zero-order valence-electron chi connectivity index (χ0n) is 25.5. The number of nitrogens with one attached hydrogen (secondary N) is 3. The molecular formula is C27H30N3O18P3. The van der Waals surface area contributed by atoms with Crippen LogP contribution in [0.4, 0.5) is 31.4 Å². The first-order chi connectivity index (χ1) is 23.9. The van der Waals surface area contributed by atoms with Gasteiger partial charge in [-0.1, -0.05) is 54.6 Å². The van der Waals surface area contributed by atoms with Gasteiger partial charge in [0.15, 0.2) is 18.3 Å². The van der Waals surface area contributed by atoms with Crippen LogP contribution in [0.2, 0.25) is 0 Å². The molecule has 276 valence electrons. The minimum Gasteiger partial charge on any atom is -0.439 e. The molecule has 21 nitrogen and oxygen atoms in total. The number of anilines is 3. The van der Waals surface area contributed by atoms with Gasteiger partial charge in [0.25, 0.3) is 0 Å². The smallest absolute Gasteiger partial charge is 0.439 e. The van der Waals surface area contributed by atoms with E-state index in [0.717, 1.165) is 0 Å². The van der Waals surface area contributed by atoms with E-state index >= 15 is 0 Å². The van der Waals surface area contributed by atoms with Crippen LogP contribution >= 0.6 is 23.5 Å². The predicted octanol–water partition coefficient (Wildman–Crippen LogP) is 3.29. The van der Waals surface area contributed by atoms with E-state index in [1.54, 1.807) is 18.2 Å². The SMILES string of the molecule is O=C(Nc1ccccc1)OC1[C@@H](OC(=O)Nc2ccccc2)[C@H](OP(=O)(O)O)C(OP(=O)(O)O)[C@H](OP(=O)(O)O)[C@@H]1OC(=O)Nc1ccccc1. The molecule has 9 N–H and O–H groups in total. The van der Waals surface area contributed by atoms with Crippen molar-refractivity contribution in [1.29, 1.82) is 0 Å². The summed E-state index contributed by atoms with van der Waals surface area (Å²) in [5.41, 5.74) is 0.280. The lowest BCUT2D eigenvalue weighted by Gasteiger charge is -2.47. The fourth-order valence-corrected chi connectivity index (χ4v) is 6.41. The number of amides is 3. The maximum Gasteiger partial charge on any atom is 0.470 e. The molecular weight excluding hydrogens is 747 g/mol. The summed E-state index contributed by atoms with van der Waals surface area (Å²) in [6, 6.07) is 22.1. The molecule has 6 atom stereocenters. The van der Waals surface area contributed by atoms with Gasteiger partial charge in [0, 0.05) is 17.1 Å². The molecule has 51 heavy (non-hydrogen) atoms. The molecule has 0 spiro atoms. The average Bonchev–Trinajstić information content (AvgIpc) is 3.02. The van der Waals surface area contributed by atoms with Gasteiger partial charge in [0.1, 0.15) is 18.3 Å². The van der Waals surface area contributed by atoms with E-state index in [-0.39, 0.29) is 17.1 Å². The van der Waals surface area contributed by atoms with Gasteiger partial charge in [0.05, 0.1) is 0 Å². The van der Waals surface area contributed by atoms with Crippen LogP contribution in [-0.2, 0) is 41.5 Å². The Bertz CT molecular complexity index is 1700. The van der Waals surface area contributed by atoms with Crippen molar-refractivity contribution in [2.45, 2.75) is 36.6 Å². The van der Waals surface area contributed by atoms with Crippen LogP contribution in [0.3, 0.4) is 0 Å². The summed E-state index contributed by atoms with van der Waals surface area (Å²) in [6.45, 7) is 0. The van der Waals surface area contributed by atoms with Crippen LogP contribution < -0.4 is 16.0 Å². The molecule has 0 heterocycles. The van der Waals surface area contributed by atoms with Crippen molar-refractivity contribution in [3.8, 4) is 0 Å². The molecule has 2 unspecified atom stereocenters. The Hall–Kier alpha value is -4.20. The number of carbonyl (C=O) groups is 3. The Morgan fingerprint density at radius 2 is 0.627 bits per heavy atom. The second-order valence-corrected chi connectivity index (χ2v) is 13.8. The minimum absolute atomic E-state index is 0.0887. The summed E-state index contributed by atoms with van der Waals surface area (Å²) in [7, 11) is -17.5.